The van der Waals surface area contributed by atoms with E-state index in [4.69, 9.17) is 4.74 Å². The van der Waals surface area contributed by atoms with Crippen LogP contribution in [0.2, 0.25) is 0 Å². The van der Waals surface area contributed by atoms with Gasteiger partial charge in [0.05, 0.1) is 12.6 Å². The summed E-state index contributed by atoms with van der Waals surface area (Å²) in [5.74, 6) is 0.884. The highest BCUT2D eigenvalue weighted by Gasteiger charge is 2.04. The van der Waals surface area contributed by atoms with Crippen LogP contribution in [0.25, 0.3) is 16.6 Å². The van der Waals surface area contributed by atoms with Crippen LogP contribution < -0.4 is 4.74 Å². The summed E-state index contributed by atoms with van der Waals surface area (Å²) in [6, 6.07) is 16.5. The Morgan fingerprint density at radius 3 is 2.72 bits per heavy atom. The van der Waals surface area contributed by atoms with Gasteiger partial charge in [0.1, 0.15) is 5.75 Å². The molecule has 0 aliphatic rings. The van der Waals surface area contributed by atoms with Crippen molar-refractivity contribution in [2.75, 3.05) is 7.11 Å². The molecule has 3 rings (SSSR count). The molecular weight excluding hydrogens is 290 g/mol. The molecule has 0 amide bonds. The molecule has 2 nitrogen and oxygen atoms in total. The number of hydrogen-bond donors (Lipinski definition) is 0. The zero-order chi connectivity index (χ0) is 12.5. The quantitative estimate of drug-likeness (QED) is 0.684. The number of ether oxygens (including phenoxy) is 1. The summed E-state index contributed by atoms with van der Waals surface area (Å²) in [5.41, 5.74) is 2.32. The molecule has 1 heterocycles. The van der Waals surface area contributed by atoms with E-state index in [0.29, 0.717) is 0 Å². The lowest BCUT2D eigenvalue weighted by molar-refractivity contribution is 0.415. The van der Waals surface area contributed by atoms with Crippen molar-refractivity contribution in [3.05, 3.63) is 59.2 Å². The molecule has 0 saturated heterocycles. The number of nitrogens with zero attached hydrogens (tertiary/aromatic N) is 1. The number of methoxy groups -OCH3 is 1. The van der Waals surface area contributed by atoms with Gasteiger partial charge in [-0.05, 0) is 42.5 Å². The van der Waals surface area contributed by atoms with Crippen LogP contribution in [0.1, 0.15) is 0 Å². The molecule has 0 saturated carbocycles. The van der Waals surface area contributed by atoms with Gasteiger partial charge in [0.15, 0.2) is 0 Å². The Morgan fingerprint density at radius 1 is 1.06 bits per heavy atom. The second kappa shape index (κ2) is 4.50. The number of rotatable bonds is 2. The van der Waals surface area contributed by atoms with E-state index in [1.165, 1.54) is 10.9 Å². The molecule has 0 radical (unpaired) electrons. The molecular formula is C15H12BrNO. The molecule has 2 aromatic carbocycles. The van der Waals surface area contributed by atoms with Crippen molar-refractivity contribution in [3.8, 4) is 11.4 Å². The van der Waals surface area contributed by atoms with Crippen molar-refractivity contribution in [3.63, 3.8) is 0 Å². The third-order valence-electron chi connectivity index (χ3n) is 2.98. The Balaban J connectivity index is 2.18. The summed E-state index contributed by atoms with van der Waals surface area (Å²) in [4.78, 5) is 0. The molecule has 0 fully saturated rings. The molecule has 0 aliphatic heterocycles. The topological polar surface area (TPSA) is 14.2 Å². The van der Waals surface area contributed by atoms with E-state index in [1.54, 1.807) is 7.11 Å². The number of benzene rings is 2. The van der Waals surface area contributed by atoms with Crippen LogP contribution in [0, 0.1) is 0 Å². The van der Waals surface area contributed by atoms with Crippen molar-refractivity contribution in [1.82, 2.24) is 4.57 Å². The first-order chi connectivity index (χ1) is 8.78. The van der Waals surface area contributed by atoms with Gasteiger partial charge in [-0.2, -0.15) is 0 Å². The maximum Gasteiger partial charge on any atom is 0.119 e. The van der Waals surface area contributed by atoms with Gasteiger partial charge >= 0.3 is 0 Å². The number of fused-ring (bicyclic) bond motifs is 1. The summed E-state index contributed by atoms with van der Waals surface area (Å²) in [5, 5.41) is 1.18. The molecule has 1 aromatic heterocycles. The van der Waals surface area contributed by atoms with Gasteiger partial charge in [-0.1, -0.05) is 22.0 Å². The Bertz CT molecular complexity index is 703. The minimum atomic E-state index is 0.884. The van der Waals surface area contributed by atoms with Gasteiger partial charge in [-0.3, -0.25) is 0 Å². The van der Waals surface area contributed by atoms with Crippen LogP contribution in [-0.4, -0.2) is 11.7 Å². The Labute approximate surface area is 114 Å². The van der Waals surface area contributed by atoms with Crippen molar-refractivity contribution in [1.29, 1.82) is 0 Å². The van der Waals surface area contributed by atoms with Gasteiger partial charge in [-0.15, -0.1) is 0 Å². The van der Waals surface area contributed by atoms with E-state index in [2.05, 4.69) is 51.0 Å². The van der Waals surface area contributed by atoms with Crippen molar-refractivity contribution in [2.24, 2.45) is 0 Å². The summed E-state index contributed by atoms with van der Waals surface area (Å²) < 4.78 is 8.48. The van der Waals surface area contributed by atoms with Gasteiger partial charge in [0.2, 0.25) is 0 Å². The van der Waals surface area contributed by atoms with Crippen LogP contribution in [0.15, 0.2) is 59.2 Å². The lowest BCUT2D eigenvalue weighted by Crippen LogP contribution is -1.91. The van der Waals surface area contributed by atoms with Crippen molar-refractivity contribution >= 4 is 26.8 Å². The normalized spacial score (nSPS) is 10.8. The van der Waals surface area contributed by atoms with Crippen LogP contribution in [0.5, 0.6) is 5.75 Å². The summed E-state index contributed by atoms with van der Waals surface area (Å²) in [6.45, 7) is 0. The van der Waals surface area contributed by atoms with Gasteiger partial charge in [0, 0.05) is 21.7 Å². The fourth-order valence-corrected chi connectivity index (χ4v) is 2.49. The summed E-state index contributed by atoms with van der Waals surface area (Å²) in [7, 11) is 1.69. The van der Waals surface area contributed by atoms with Gasteiger partial charge in [-0.25, -0.2) is 0 Å². The summed E-state index contributed by atoms with van der Waals surface area (Å²) in [6.07, 6.45) is 2.08. The third-order valence-corrected chi connectivity index (χ3v) is 3.48. The fourth-order valence-electron chi connectivity index (χ4n) is 2.10. The Kier molecular flexibility index (Phi) is 2.84. The molecule has 3 heteroatoms. The maximum absolute atomic E-state index is 5.24. The molecule has 18 heavy (non-hydrogen) atoms. The fraction of sp³-hybridized carbons (Fsp3) is 0.0667. The minimum absolute atomic E-state index is 0.884. The third kappa shape index (κ3) is 1.91. The average molecular weight is 302 g/mol. The Hall–Kier alpha value is -1.74. The van der Waals surface area contributed by atoms with Crippen LogP contribution in [-0.2, 0) is 0 Å². The molecule has 0 unspecified atom stereocenters. The number of halogens is 1. The van der Waals surface area contributed by atoms with Crippen LogP contribution >= 0.6 is 15.9 Å². The van der Waals surface area contributed by atoms with Gasteiger partial charge in [0.25, 0.3) is 0 Å². The maximum atomic E-state index is 5.24. The first-order valence-corrected chi connectivity index (χ1v) is 6.48. The van der Waals surface area contributed by atoms with Gasteiger partial charge < -0.3 is 9.30 Å². The highest BCUT2D eigenvalue weighted by Crippen LogP contribution is 2.25. The van der Waals surface area contributed by atoms with E-state index in [1.807, 2.05) is 24.3 Å². The van der Waals surface area contributed by atoms with E-state index < -0.39 is 0 Å². The van der Waals surface area contributed by atoms with Crippen LogP contribution in [0.3, 0.4) is 0 Å². The first kappa shape index (κ1) is 11.4. The van der Waals surface area contributed by atoms with E-state index in [-0.39, 0.29) is 0 Å². The standard InChI is InChI=1S/C15H12BrNO/c1-18-14-5-6-15-11(9-14)7-8-17(15)13-4-2-3-12(16)10-13/h2-10H,1H3. The number of hydrogen-bond acceptors (Lipinski definition) is 1. The highest BCUT2D eigenvalue weighted by atomic mass is 79.9. The van der Waals surface area contributed by atoms with E-state index in [0.717, 1.165) is 15.9 Å². The van der Waals surface area contributed by atoms with E-state index in [9.17, 15) is 0 Å². The number of aromatic nitrogens is 1. The molecule has 0 atom stereocenters. The predicted octanol–water partition coefficient (Wildman–Crippen LogP) is 4.40. The lowest BCUT2D eigenvalue weighted by Gasteiger charge is -2.06. The average Bonchev–Trinajstić information content (AvgIpc) is 2.81. The Morgan fingerprint density at radius 2 is 1.94 bits per heavy atom. The second-order valence-electron chi connectivity index (χ2n) is 4.09. The SMILES string of the molecule is COc1ccc2c(ccn2-c2cccc(Br)c2)c1. The highest BCUT2D eigenvalue weighted by molar-refractivity contribution is 9.10. The van der Waals surface area contributed by atoms with Crippen molar-refractivity contribution < 1.29 is 4.74 Å². The molecule has 90 valence electrons. The molecule has 3 aromatic rings. The molecule has 0 N–H and O–H groups in total. The molecule has 0 bridgehead atoms. The van der Waals surface area contributed by atoms with Crippen molar-refractivity contribution in [2.45, 2.75) is 0 Å². The largest absolute Gasteiger partial charge is 0.497 e. The van der Waals surface area contributed by atoms with Crippen LogP contribution in [0.4, 0.5) is 0 Å². The predicted molar refractivity (Wildman–Crippen MR) is 77.5 cm³/mol. The van der Waals surface area contributed by atoms with E-state index >= 15 is 0 Å². The monoisotopic (exact) mass is 301 g/mol. The zero-order valence-electron chi connectivity index (χ0n) is 9.93. The zero-order valence-corrected chi connectivity index (χ0v) is 11.5. The molecule has 0 spiro atoms. The summed E-state index contributed by atoms with van der Waals surface area (Å²) >= 11 is 3.50. The first-order valence-electron chi connectivity index (χ1n) is 5.69. The lowest BCUT2D eigenvalue weighted by atomic mass is 10.2. The second-order valence-corrected chi connectivity index (χ2v) is 5.01. The molecule has 0 aliphatic carbocycles. The minimum Gasteiger partial charge on any atom is -0.497 e. The smallest absolute Gasteiger partial charge is 0.119 e.